The van der Waals surface area contributed by atoms with E-state index < -0.39 is 8.32 Å². The highest BCUT2D eigenvalue weighted by Crippen LogP contribution is 2.19. The van der Waals surface area contributed by atoms with Gasteiger partial charge in [0.05, 0.1) is 7.11 Å². The molecule has 2 nitrogen and oxygen atoms in total. The molecule has 1 aromatic rings. The third kappa shape index (κ3) is 4.65. The molecule has 0 heterocycles. The van der Waals surface area contributed by atoms with Gasteiger partial charge in [-0.2, -0.15) is 0 Å². The van der Waals surface area contributed by atoms with Crippen molar-refractivity contribution in [1.82, 2.24) is 0 Å². The van der Waals surface area contributed by atoms with Gasteiger partial charge in [-0.05, 0) is 32.5 Å². The zero-order chi connectivity index (χ0) is 12.9. The van der Waals surface area contributed by atoms with E-state index in [9.17, 15) is 0 Å². The van der Waals surface area contributed by atoms with E-state index >= 15 is 0 Å². The van der Waals surface area contributed by atoms with E-state index in [-0.39, 0.29) is 0 Å². The summed E-state index contributed by atoms with van der Waals surface area (Å²) in [5.41, 5.74) is 2.41. The van der Waals surface area contributed by atoms with Crippen molar-refractivity contribution >= 4 is 8.32 Å². The van der Waals surface area contributed by atoms with Gasteiger partial charge in [-0.25, -0.2) is 0 Å². The third-order valence-corrected chi connectivity index (χ3v) is 4.43. The Morgan fingerprint density at radius 1 is 1.12 bits per heavy atom. The molecule has 0 atom stereocenters. The molecule has 0 unspecified atom stereocenters. The van der Waals surface area contributed by atoms with Crippen LogP contribution in [0.15, 0.2) is 41.9 Å². The first-order chi connectivity index (χ1) is 7.94. The largest absolute Gasteiger partial charge is 0.519 e. The lowest BCUT2D eigenvalue weighted by Crippen LogP contribution is -2.34. The lowest BCUT2D eigenvalue weighted by atomic mass is 10.2. The highest BCUT2D eigenvalue weighted by Gasteiger charge is 2.26. The Kier molecular flexibility index (Phi) is 4.81. The first kappa shape index (κ1) is 13.8. The Labute approximate surface area is 105 Å². The van der Waals surface area contributed by atoms with Gasteiger partial charge in [-0.15, -0.1) is 0 Å². The van der Waals surface area contributed by atoms with Gasteiger partial charge in [-0.1, -0.05) is 30.3 Å². The van der Waals surface area contributed by atoms with Gasteiger partial charge in [-0.3, -0.25) is 0 Å². The molecule has 0 fully saturated rings. The first-order valence-corrected chi connectivity index (χ1v) is 9.00. The number of hydrogen-bond acceptors (Lipinski definition) is 2. The number of hydrogen-bond donors (Lipinski definition) is 0. The van der Waals surface area contributed by atoms with E-state index in [1.54, 1.807) is 7.11 Å². The van der Waals surface area contributed by atoms with Crippen LogP contribution >= 0.6 is 0 Å². The zero-order valence-electron chi connectivity index (χ0n) is 11.4. The molecule has 1 aromatic carbocycles. The SMILES string of the molecule is COC(O[Si](C)(C)Cc1ccccc1)=C(C)C. The van der Waals surface area contributed by atoms with Gasteiger partial charge >= 0.3 is 0 Å². The monoisotopic (exact) mass is 250 g/mol. The van der Waals surface area contributed by atoms with Crippen LogP contribution in [0.4, 0.5) is 0 Å². The first-order valence-electron chi connectivity index (χ1n) is 5.89. The maximum Gasteiger partial charge on any atom is 0.263 e. The van der Waals surface area contributed by atoms with Crippen LogP contribution in [0.2, 0.25) is 13.1 Å². The summed E-state index contributed by atoms with van der Waals surface area (Å²) >= 11 is 0. The molecular weight excluding hydrogens is 228 g/mol. The van der Waals surface area contributed by atoms with E-state index in [1.807, 2.05) is 19.9 Å². The summed E-state index contributed by atoms with van der Waals surface area (Å²) in [7, 11) is -0.112. The van der Waals surface area contributed by atoms with Gasteiger partial charge in [0.2, 0.25) is 0 Å². The summed E-state index contributed by atoms with van der Waals surface area (Å²) in [5, 5.41) is 0. The van der Waals surface area contributed by atoms with Gasteiger partial charge in [0.1, 0.15) is 0 Å². The number of ether oxygens (including phenoxy) is 1. The molecule has 0 spiro atoms. The topological polar surface area (TPSA) is 18.5 Å². The molecule has 0 amide bonds. The Morgan fingerprint density at radius 2 is 1.71 bits per heavy atom. The summed E-state index contributed by atoms with van der Waals surface area (Å²) in [5.74, 6) is 0.678. The highest BCUT2D eigenvalue weighted by molar-refractivity contribution is 6.70. The fourth-order valence-electron chi connectivity index (χ4n) is 1.72. The van der Waals surface area contributed by atoms with E-state index in [2.05, 4.69) is 37.4 Å². The second kappa shape index (κ2) is 5.91. The lowest BCUT2D eigenvalue weighted by molar-refractivity contribution is 0.140. The number of rotatable bonds is 5. The molecule has 0 saturated heterocycles. The minimum atomic E-state index is -1.77. The van der Waals surface area contributed by atoms with Crippen LogP contribution in [0.3, 0.4) is 0 Å². The van der Waals surface area contributed by atoms with Crippen molar-refractivity contribution in [3.8, 4) is 0 Å². The van der Waals surface area contributed by atoms with Gasteiger partial charge in [0, 0.05) is 11.6 Å². The molecule has 1 rings (SSSR count). The molecule has 0 aromatic heterocycles. The number of benzene rings is 1. The maximum atomic E-state index is 6.05. The fraction of sp³-hybridized carbons (Fsp3) is 0.429. The van der Waals surface area contributed by atoms with Gasteiger partial charge in [0.15, 0.2) is 0 Å². The summed E-state index contributed by atoms with van der Waals surface area (Å²) in [6, 6.07) is 11.5. The molecule has 0 bridgehead atoms. The average Bonchev–Trinajstić information content (AvgIpc) is 2.26. The molecule has 0 aliphatic carbocycles. The standard InChI is InChI=1S/C14H22O2Si/c1-12(2)14(15-3)16-17(4,5)11-13-9-7-6-8-10-13/h6-10H,11H2,1-5H3. The summed E-state index contributed by atoms with van der Waals surface area (Å²) in [6.45, 7) is 8.43. The Morgan fingerprint density at radius 3 is 2.18 bits per heavy atom. The van der Waals surface area contributed by atoms with E-state index in [4.69, 9.17) is 9.16 Å². The molecule has 0 radical (unpaired) electrons. The molecular formula is C14H22O2Si. The van der Waals surface area contributed by atoms with Crippen molar-refractivity contribution in [2.24, 2.45) is 0 Å². The van der Waals surface area contributed by atoms with Crippen molar-refractivity contribution in [3.63, 3.8) is 0 Å². The van der Waals surface area contributed by atoms with Crippen LogP contribution < -0.4 is 0 Å². The molecule has 0 aliphatic heterocycles. The van der Waals surface area contributed by atoms with Crippen molar-refractivity contribution in [2.75, 3.05) is 7.11 Å². The normalized spacial score (nSPS) is 10.9. The van der Waals surface area contributed by atoms with E-state index in [0.29, 0.717) is 5.95 Å². The highest BCUT2D eigenvalue weighted by atomic mass is 28.4. The number of methoxy groups -OCH3 is 1. The Hall–Kier alpha value is -1.22. The van der Waals surface area contributed by atoms with Crippen molar-refractivity contribution in [1.29, 1.82) is 0 Å². The van der Waals surface area contributed by atoms with Crippen molar-refractivity contribution in [3.05, 3.63) is 47.4 Å². The summed E-state index contributed by atoms with van der Waals surface area (Å²) in [4.78, 5) is 0. The van der Waals surface area contributed by atoms with Crippen LogP contribution in [0.1, 0.15) is 19.4 Å². The summed E-state index contributed by atoms with van der Waals surface area (Å²) < 4.78 is 11.3. The zero-order valence-corrected chi connectivity index (χ0v) is 12.4. The molecule has 0 aliphatic rings. The Balaban J connectivity index is 2.73. The van der Waals surface area contributed by atoms with E-state index in [0.717, 1.165) is 11.6 Å². The fourth-order valence-corrected chi connectivity index (χ4v) is 3.80. The minimum absolute atomic E-state index is 0.678. The van der Waals surface area contributed by atoms with Crippen molar-refractivity contribution in [2.45, 2.75) is 33.0 Å². The molecule has 3 heteroatoms. The average molecular weight is 250 g/mol. The third-order valence-electron chi connectivity index (χ3n) is 2.44. The lowest BCUT2D eigenvalue weighted by Gasteiger charge is -2.25. The van der Waals surface area contributed by atoms with Crippen LogP contribution in [0, 0.1) is 0 Å². The van der Waals surface area contributed by atoms with Crippen LogP contribution in [-0.4, -0.2) is 15.4 Å². The minimum Gasteiger partial charge on any atom is -0.519 e. The number of allylic oxidation sites excluding steroid dienone is 1. The predicted molar refractivity (Wildman–Crippen MR) is 74.1 cm³/mol. The quantitative estimate of drug-likeness (QED) is 0.583. The van der Waals surface area contributed by atoms with Crippen LogP contribution in [0.25, 0.3) is 0 Å². The molecule has 0 saturated carbocycles. The van der Waals surface area contributed by atoms with Crippen LogP contribution in [-0.2, 0) is 15.2 Å². The van der Waals surface area contributed by atoms with E-state index in [1.165, 1.54) is 5.56 Å². The molecule has 17 heavy (non-hydrogen) atoms. The Bertz CT molecular complexity index is 378. The van der Waals surface area contributed by atoms with Gasteiger partial charge < -0.3 is 9.16 Å². The smallest absolute Gasteiger partial charge is 0.263 e. The second-order valence-corrected chi connectivity index (χ2v) is 9.09. The van der Waals surface area contributed by atoms with Gasteiger partial charge in [0.25, 0.3) is 14.3 Å². The van der Waals surface area contributed by atoms with Crippen LogP contribution in [0.5, 0.6) is 0 Å². The predicted octanol–water partition coefficient (Wildman–Crippen LogP) is 3.89. The molecule has 0 N–H and O–H groups in total. The summed E-state index contributed by atoms with van der Waals surface area (Å²) in [6.07, 6.45) is 0. The van der Waals surface area contributed by atoms with Crippen molar-refractivity contribution < 1.29 is 9.16 Å². The maximum absolute atomic E-state index is 6.05. The second-order valence-electron chi connectivity index (χ2n) is 5.02. The molecule has 94 valence electrons.